The summed E-state index contributed by atoms with van der Waals surface area (Å²) in [5, 5.41) is 13.9. The van der Waals surface area contributed by atoms with Gasteiger partial charge in [0.05, 0.1) is 39.9 Å². The highest BCUT2D eigenvalue weighted by Crippen LogP contribution is 2.43. The van der Waals surface area contributed by atoms with Crippen molar-refractivity contribution in [2.45, 2.75) is 315 Å². The van der Waals surface area contributed by atoms with E-state index in [1.165, 1.54) is 218 Å². The molecule has 3 unspecified atom stereocenters. The molecule has 0 bridgehead atoms. The molecule has 0 radical (unpaired) electrons. The Morgan fingerprint density at radius 3 is 1.13 bits per heavy atom. The second kappa shape index (κ2) is 58.6. The standard InChI is InChI=1S/C68H127N2O6P/c1-6-8-10-12-14-16-18-20-22-24-26-28-30-31-32-33-34-35-36-37-38-40-41-43-45-47-49-51-53-55-57-59-61-67(71)66(65-76-77(73,74)75-64-63-70(3,4)5)69-68(72)62-60-58-56-54-52-50-48-46-44-42-39-29-27-25-23-21-19-17-15-13-11-9-7-2/h19,21,25,27,39,42-43,45,51,53,59,61,66-67,71H,6-18,20,22-24,26,28-38,40-41,44,46-50,52,54-58,60,62-65H2,1-5H3,(H-,69,72,73,74)/p+1/b21-19-,27-25-,42-39-,45-43+,53-51+,61-59+. The van der Waals surface area contributed by atoms with Gasteiger partial charge in [-0.3, -0.25) is 13.8 Å². The van der Waals surface area contributed by atoms with E-state index in [1.54, 1.807) is 6.08 Å². The number of aliphatic hydroxyl groups is 1. The van der Waals surface area contributed by atoms with Crippen LogP contribution in [0, 0.1) is 0 Å². The van der Waals surface area contributed by atoms with E-state index in [9.17, 15) is 19.4 Å². The Labute approximate surface area is 478 Å². The summed E-state index contributed by atoms with van der Waals surface area (Å²) in [5.74, 6) is -0.198. The first-order valence-corrected chi connectivity index (χ1v) is 34.3. The van der Waals surface area contributed by atoms with Crippen LogP contribution in [0.1, 0.15) is 303 Å². The van der Waals surface area contributed by atoms with Crippen molar-refractivity contribution < 1.29 is 32.9 Å². The first-order chi connectivity index (χ1) is 37.5. The molecule has 0 fully saturated rings. The smallest absolute Gasteiger partial charge is 0.387 e. The quantitative estimate of drug-likeness (QED) is 0.0243. The zero-order valence-corrected chi connectivity index (χ0v) is 52.3. The Hall–Kier alpha value is -2.06. The van der Waals surface area contributed by atoms with E-state index in [4.69, 9.17) is 9.05 Å². The fraction of sp³-hybridized carbons (Fsp3) is 0.809. The van der Waals surface area contributed by atoms with Gasteiger partial charge < -0.3 is 19.8 Å². The highest BCUT2D eigenvalue weighted by molar-refractivity contribution is 7.47. The molecule has 0 aromatic carbocycles. The number of carbonyl (C=O) groups excluding carboxylic acids is 1. The van der Waals surface area contributed by atoms with Gasteiger partial charge >= 0.3 is 7.82 Å². The number of hydrogen-bond acceptors (Lipinski definition) is 5. The lowest BCUT2D eigenvalue weighted by atomic mass is 10.0. The van der Waals surface area contributed by atoms with E-state index in [0.717, 1.165) is 64.2 Å². The average Bonchev–Trinajstić information content (AvgIpc) is 3.39. The summed E-state index contributed by atoms with van der Waals surface area (Å²) in [6, 6.07) is -0.879. The number of phosphoric acid groups is 1. The fourth-order valence-corrected chi connectivity index (χ4v) is 10.2. The van der Waals surface area contributed by atoms with Gasteiger partial charge in [0.15, 0.2) is 0 Å². The van der Waals surface area contributed by atoms with Crippen molar-refractivity contribution in [2.24, 2.45) is 0 Å². The zero-order valence-electron chi connectivity index (χ0n) is 51.4. The molecule has 1 amide bonds. The number of amides is 1. The van der Waals surface area contributed by atoms with Gasteiger partial charge in [0.2, 0.25) is 5.91 Å². The van der Waals surface area contributed by atoms with Gasteiger partial charge in [0.1, 0.15) is 13.2 Å². The predicted octanol–water partition coefficient (Wildman–Crippen LogP) is 20.6. The van der Waals surface area contributed by atoms with Gasteiger partial charge in [0, 0.05) is 6.42 Å². The summed E-state index contributed by atoms with van der Waals surface area (Å²) >= 11 is 0. The minimum Gasteiger partial charge on any atom is -0.387 e. The molecule has 0 rings (SSSR count). The topological polar surface area (TPSA) is 105 Å². The van der Waals surface area contributed by atoms with E-state index in [-0.39, 0.29) is 19.1 Å². The second-order valence-electron chi connectivity index (χ2n) is 23.5. The highest BCUT2D eigenvalue weighted by atomic mass is 31.2. The van der Waals surface area contributed by atoms with E-state index in [1.807, 2.05) is 27.2 Å². The molecule has 0 aromatic rings. The normalized spacial score (nSPS) is 14.2. The molecule has 0 aliphatic carbocycles. The number of rotatable bonds is 60. The van der Waals surface area contributed by atoms with Gasteiger partial charge in [-0.05, 0) is 83.5 Å². The third-order valence-electron chi connectivity index (χ3n) is 14.6. The number of nitrogens with zero attached hydrogens (tertiary/aromatic N) is 1. The SMILES string of the molecule is CCCCCCC/C=C\C/C=C\C/C=C\CCCCCCCCCCC(=O)NC(COP(=O)(O)OCC[N+](C)(C)C)C(O)/C=C/CC/C=C/CC/C=C/CCCCCCCCCCCCCCCCCCCCCCCC. The molecule has 0 aromatic heterocycles. The number of carbonyl (C=O) groups is 1. The summed E-state index contributed by atoms with van der Waals surface area (Å²) in [5.41, 5.74) is 0. The summed E-state index contributed by atoms with van der Waals surface area (Å²) in [6.45, 7) is 4.80. The van der Waals surface area contributed by atoms with Crippen molar-refractivity contribution >= 4 is 13.7 Å². The Kier molecular flexibility index (Phi) is 57.0. The van der Waals surface area contributed by atoms with Crippen LogP contribution in [0.4, 0.5) is 0 Å². The van der Waals surface area contributed by atoms with Gasteiger partial charge in [-0.1, -0.05) is 286 Å². The maximum atomic E-state index is 13.0. The van der Waals surface area contributed by atoms with Gasteiger partial charge in [-0.15, -0.1) is 0 Å². The van der Waals surface area contributed by atoms with Crippen LogP contribution >= 0.6 is 7.82 Å². The Bertz CT molecular complexity index is 1480. The van der Waals surface area contributed by atoms with Crippen molar-refractivity contribution in [3.8, 4) is 0 Å². The minimum absolute atomic E-state index is 0.0492. The molecule has 0 heterocycles. The van der Waals surface area contributed by atoms with E-state index in [2.05, 4.69) is 79.9 Å². The van der Waals surface area contributed by atoms with Gasteiger partial charge in [-0.2, -0.15) is 0 Å². The molecule has 0 aliphatic heterocycles. The van der Waals surface area contributed by atoms with Crippen molar-refractivity contribution in [1.82, 2.24) is 5.32 Å². The third kappa shape index (κ3) is 61.4. The Morgan fingerprint density at radius 1 is 0.442 bits per heavy atom. The summed E-state index contributed by atoms with van der Waals surface area (Å²) in [6.07, 6.45) is 81.8. The minimum atomic E-state index is -4.37. The molecule has 3 atom stereocenters. The number of allylic oxidation sites excluding steroid dienone is 11. The molecule has 0 aliphatic rings. The Balaban J connectivity index is 4.20. The highest BCUT2D eigenvalue weighted by Gasteiger charge is 2.27. The summed E-state index contributed by atoms with van der Waals surface area (Å²) in [4.78, 5) is 23.4. The van der Waals surface area contributed by atoms with Crippen LogP contribution in [0.15, 0.2) is 72.9 Å². The van der Waals surface area contributed by atoms with Crippen LogP contribution in [0.3, 0.4) is 0 Å². The average molecular weight is 1100 g/mol. The first-order valence-electron chi connectivity index (χ1n) is 32.8. The lowest BCUT2D eigenvalue weighted by molar-refractivity contribution is -0.870. The predicted molar refractivity (Wildman–Crippen MR) is 337 cm³/mol. The summed E-state index contributed by atoms with van der Waals surface area (Å²) in [7, 11) is 1.54. The second-order valence-corrected chi connectivity index (χ2v) is 24.9. The van der Waals surface area contributed by atoms with Crippen LogP contribution < -0.4 is 5.32 Å². The third-order valence-corrected chi connectivity index (χ3v) is 15.6. The van der Waals surface area contributed by atoms with Crippen LogP contribution in [-0.2, 0) is 18.4 Å². The molecule has 450 valence electrons. The molecule has 9 heteroatoms. The van der Waals surface area contributed by atoms with Gasteiger partial charge in [0.25, 0.3) is 0 Å². The van der Waals surface area contributed by atoms with Crippen LogP contribution in [-0.4, -0.2) is 73.4 Å². The van der Waals surface area contributed by atoms with Crippen LogP contribution in [0.25, 0.3) is 0 Å². The van der Waals surface area contributed by atoms with Crippen molar-refractivity contribution in [2.75, 3.05) is 40.9 Å². The molecule has 0 saturated carbocycles. The fourth-order valence-electron chi connectivity index (χ4n) is 9.50. The molecular weight excluding hydrogens is 972 g/mol. The lowest BCUT2D eigenvalue weighted by Crippen LogP contribution is -2.45. The number of likely N-dealkylation sites (N-methyl/N-ethyl adjacent to an activating group) is 1. The van der Waals surface area contributed by atoms with Crippen LogP contribution in [0.2, 0.25) is 0 Å². The number of nitrogens with one attached hydrogen (secondary N) is 1. The molecule has 0 saturated heterocycles. The number of phosphoric ester groups is 1. The number of hydrogen-bond donors (Lipinski definition) is 3. The largest absolute Gasteiger partial charge is 0.472 e. The molecule has 77 heavy (non-hydrogen) atoms. The van der Waals surface area contributed by atoms with E-state index >= 15 is 0 Å². The zero-order chi connectivity index (χ0) is 56.3. The summed E-state index contributed by atoms with van der Waals surface area (Å²) < 4.78 is 23.7. The number of quaternary nitrogens is 1. The van der Waals surface area contributed by atoms with Crippen molar-refractivity contribution in [3.05, 3.63) is 72.9 Å². The van der Waals surface area contributed by atoms with Crippen LogP contribution in [0.5, 0.6) is 0 Å². The molecular formula is C68H128N2O6P+. The van der Waals surface area contributed by atoms with Crippen molar-refractivity contribution in [3.63, 3.8) is 0 Å². The Morgan fingerprint density at radius 2 is 0.753 bits per heavy atom. The maximum Gasteiger partial charge on any atom is 0.472 e. The number of aliphatic hydroxyl groups excluding tert-OH is 1. The molecule has 3 N–H and O–H groups in total. The lowest BCUT2D eigenvalue weighted by Gasteiger charge is -2.25. The monoisotopic (exact) mass is 1100 g/mol. The van der Waals surface area contributed by atoms with Crippen molar-refractivity contribution in [1.29, 1.82) is 0 Å². The first kappa shape index (κ1) is 74.9. The maximum absolute atomic E-state index is 13.0. The number of unbranched alkanes of at least 4 members (excludes halogenated alkanes) is 37. The van der Waals surface area contributed by atoms with Gasteiger partial charge in [-0.25, -0.2) is 4.57 Å². The van der Waals surface area contributed by atoms with E-state index < -0.39 is 20.0 Å². The molecule has 8 nitrogen and oxygen atoms in total. The van der Waals surface area contributed by atoms with E-state index in [0.29, 0.717) is 17.4 Å². The molecule has 0 spiro atoms.